The molecule has 0 bridgehead atoms. The van der Waals surface area contributed by atoms with E-state index < -0.39 is 12.1 Å². The molecule has 0 fully saturated rings. The topological polar surface area (TPSA) is 74.6 Å². The van der Waals surface area contributed by atoms with Gasteiger partial charge in [-0.1, -0.05) is 49.5 Å². The lowest BCUT2D eigenvalue weighted by atomic mass is 9.90. The number of carbonyl (C=O) groups excluding carboxylic acids is 1. The Morgan fingerprint density at radius 1 is 1.29 bits per heavy atom. The highest BCUT2D eigenvalue weighted by atomic mass is 16.4. The van der Waals surface area contributed by atoms with Gasteiger partial charge in [0.25, 0.3) is 0 Å². The summed E-state index contributed by atoms with van der Waals surface area (Å²) in [5, 5.41) is 18.5. The molecule has 132 valence electrons. The van der Waals surface area contributed by atoms with Crippen molar-refractivity contribution in [2.75, 3.05) is 0 Å². The van der Waals surface area contributed by atoms with Crippen LogP contribution in [0.3, 0.4) is 0 Å². The molecule has 2 N–H and O–H groups in total. The van der Waals surface area contributed by atoms with Gasteiger partial charge in [0.2, 0.25) is 0 Å². The average molecular weight is 332 g/mol. The third kappa shape index (κ3) is 8.06. The van der Waals surface area contributed by atoms with Crippen LogP contribution in [0, 0.1) is 11.8 Å². The Labute approximate surface area is 144 Å². The maximum absolute atomic E-state index is 11.9. The lowest BCUT2D eigenvalue weighted by Gasteiger charge is -2.13. The monoisotopic (exact) mass is 332 g/mol. The zero-order valence-electron chi connectivity index (χ0n) is 14.3. The van der Waals surface area contributed by atoms with E-state index in [2.05, 4.69) is 0 Å². The molecule has 0 spiro atoms. The number of hydrogen-bond donors (Lipinski definition) is 2. The number of aliphatic hydroxyl groups is 1. The summed E-state index contributed by atoms with van der Waals surface area (Å²) in [6.45, 7) is 2.04. The molecule has 1 aliphatic rings. The molecule has 4 heteroatoms. The Hall–Kier alpha value is -1.94. The number of unbranched alkanes of at least 4 members (excludes halogenated alkanes) is 1. The molecule has 0 aromatic rings. The zero-order chi connectivity index (χ0) is 17.8. The van der Waals surface area contributed by atoms with Gasteiger partial charge in [0.05, 0.1) is 6.10 Å². The van der Waals surface area contributed by atoms with Crippen molar-refractivity contribution in [3.05, 3.63) is 48.6 Å². The predicted octanol–water partition coefficient (Wildman–Crippen LogP) is 3.83. The van der Waals surface area contributed by atoms with E-state index in [1.54, 1.807) is 12.2 Å². The fourth-order valence-corrected chi connectivity index (χ4v) is 2.59. The van der Waals surface area contributed by atoms with Crippen LogP contribution in [0.2, 0.25) is 0 Å². The van der Waals surface area contributed by atoms with Crippen LogP contribution in [0.5, 0.6) is 0 Å². The maximum Gasteiger partial charge on any atom is 0.303 e. The summed E-state index contributed by atoms with van der Waals surface area (Å²) in [7, 11) is 0. The number of carboxylic acids is 1. The molecular formula is C20H28O4. The fraction of sp³-hybridized carbons (Fsp3) is 0.500. The van der Waals surface area contributed by atoms with Gasteiger partial charge in [-0.25, -0.2) is 0 Å². The van der Waals surface area contributed by atoms with E-state index in [0.29, 0.717) is 12.8 Å². The molecule has 0 saturated heterocycles. The summed E-state index contributed by atoms with van der Waals surface area (Å²) >= 11 is 0. The lowest BCUT2D eigenvalue weighted by Crippen LogP contribution is -2.14. The molecule has 4 nitrogen and oxygen atoms in total. The van der Waals surface area contributed by atoms with Crippen molar-refractivity contribution in [3.63, 3.8) is 0 Å². The van der Waals surface area contributed by atoms with Crippen molar-refractivity contribution in [1.82, 2.24) is 0 Å². The molecule has 1 aliphatic carbocycles. The molecule has 0 aromatic heterocycles. The Bertz CT molecular complexity index is 514. The first-order chi connectivity index (χ1) is 11.5. The average Bonchev–Trinajstić information content (AvgIpc) is 2.89. The van der Waals surface area contributed by atoms with Crippen LogP contribution in [0.25, 0.3) is 0 Å². The highest BCUT2D eigenvalue weighted by Crippen LogP contribution is 2.27. The minimum atomic E-state index is -0.773. The van der Waals surface area contributed by atoms with Crippen molar-refractivity contribution < 1.29 is 19.8 Å². The smallest absolute Gasteiger partial charge is 0.303 e. The number of aliphatic hydroxyl groups excluding tert-OH is 1. The summed E-state index contributed by atoms with van der Waals surface area (Å²) in [6.07, 6.45) is 18.2. The number of hydrogen-bond acceptors (Lipinski definition) is 3. The van der Waals surface area contributed by atoms with Crippen molar-refractivity contribution in [1.29, 1.82) is 0 Å². The molecule has 0 amide bonds. The second kappa shape index (κ2) is 11.6. The largest absolute Gasteiger partial charge is 0.481 e. The molecule has 0 saturated carbocycles. The Kier molecular flexibility index (Phi) is 9.70. The first-order valence-corrected chi connectivity index (χ1v) is 8.64. The van der Waals surface area contributed by atoms with Gasteiger partial charge in [0.15, 0.2) is 5.78 Å². The van der Waals surface area contributed by atoms with E-state index in [4.69, 9.17) is 5.11 Å². The highest BCUT2D eigenvalue weighted by Gasteiger charge is 2.26. The summed E-state index contributed by atoms with van der Waals surface area (Å²) < 4.78 is 0. The van der Waals surface area contributed by atoms with Gasteiger partial charge in [-0.05, 0) is 44.1 Å². The number of aliphatic carboxylic acids is 1. The third-order valence-corrected chi connectivity index (χ3v) is 3.95. The molecule has 0 aromatic carbocycles. The fourth-order valence-electron chi connectivity index (χ4n) is 2.59. The van der Waals surface area contributed by atoms with Crippen LogP contribution in [0.1, 0.15) is 45.4 Å². The summed E-state index contributed by atoms with van der Waals surface area (Å²) in [6, 6.07) is 0. The van der Waals surface area contributed by atoms with Gasteiger partial charge in [-0.2, -0.15) is 0 Å². The van der Waals surface area contributed by atoms with Crippen LogP contribution in [-0.2, 0) is 9.59 Å². The lowest BCUT2D eigenvalue weighted by molar-refractivity contribution is -0.137. The first kappa shape index (κ1) is 20.1. The van der Waals surface area contributed by atoms with Crippen LogP contribution in [0.4, 0.5) is 0 Å². The van der Waals surface area contributed by atoms with E-state index in [9.17, 15) is 14.7 Å². The number of ketones is 1. The van der Waals surface area contributed by atoms with Gasteiger partial charge >= 0.3 is 5.97 Å². The van der Waals surface area contributed by atoms with Crippen LogP contribution in [-0.4, -0.2) is 28.1 Å². The highest BCUT2D eigenvalue weighted by molar-refractivity contribution is 5.95. The zero-order valence-corrected chi connectivity index (χ0v) is 14.3. The van der Waals surface area contributed by atoms with Gasteiger partial charge in [0, 0.05) is 12.3 Å². The van der Waals surface area contributed by atoms with Gasteiger partial charge < -0.3 is 10.2 Å². The molecule has 24 heavy (non-hydrogen) atoms. The normalized spacial score (nSPS) is 22.3. The summed E-state index contributed by atoms with van der Waals surface area (Å²) in [4.78, 5) is 22.4. The van der Waals surface area contributed by atoms with E-state index in [0.717, 1.165) is 19.3 Å². The van der Waals surface area contributed by atoms with Gasteiger partial charge in [-0.15, -0.1) is 0 Å². The number of allylic oxidation sites excluding steroid dienone is 6. The van der Waals surface area contributed by atoms with E-state index in [1.165, 1.54) is 0 Å². The van der Waals surface area contributed by atoms with Gasteiger partial charge in [0.1, 0.15) is 0 Å². The first-order valence-electron chi connectivity index (χ1n) is 8.64. The SMILES string of the molecule is CC/C=C\C[C@H](O)/C=C/[C@H]1C(=O)C=C[C@@H]1C/C=C\CCCC(=O)O. The van der Waals surface area contributed by atoms with Gasteiger partial charge in [-0.3, -0.25) is 9.59 Å². The molecule has 1 rings (SSSR count). The molecule has 0 unspecified atom stereocenters. The van der Waals surface area contributed by atoms with Crippen LogP contribution < -0.4 is 0 Å². The second-order valence-electron chi connectivity index (χ2n) is 6.01. The molecule has 3 atom stereocenters. The minimum Gasteiger partial charge on any atom is -0.481 e. The van der Waals surface area contributed by atoms with E-state index >= 15 is 0 Å². The molecule has 0 aliphatic heterocycles. The molecular weight excluding hydrogens is 304 g/mol. The molecule has 0 radical (unpaired) electrons. The maximum atomic E-state index is 11.9. The predicted molar refractivity (Wildman–Crippen MR) is 95.6 cm³/mol. The minimum absolute atomic E-state index is 0.0758. The Balaban J connectivity index is 2.42. The standard InChI is InChI=1S/C20H28O4/c1-2-3-6-10-17(21)13-14-18-16(12-15-19(18)22)9-7-4-5-8-11-20(23)24/h3-4,6-7,12-18,21H,2,5,8-11H2,1H3,(H,23,24)/b6-3-,7-4-,14-13+/t16-,17-,18+/m0/s1. The van der Waals surface area contributed by atoms with E-state index in [-0.39, 0.29) is 24.0 Å². The van der Waals surface area contributed by atoms with Crippen LogP contribution >= 0.6 is 0 Å². The van der Waals surface area contributed by atoms with Crippen molar-refractivity contribution in [2.45, 2.75) is 51.6 Å². The van der Waals surface area contributed by atoms with Crippen molar-refractivity contribution in [3.8, 4) is 0 Å². The number of carboxylic acid groups (broad SMARTS) is 1. The molecule has 0 heterocycles. The Morgan fingerprint density at radius 3 is 2.79 bits per heavy atom. The number of carbonyl (C=O) groups is 2. The third-order valence-electron chi connectivity index (χ3n) is 3.95. The summed E-state index contributed by atoms with van der Waals surface area (Å²) in [5.41, 5.74) is 0. The number of rotatable bonds is 11. The van der Waals surface area contributed by atoms with E-state index in [1.807, 2.05) is 43.4 Å². The van der Waals surface area contributed by atoms with Crippen molar-refractivity contribution >= 4 is 11.8 Å². The Morgan fingerprint density at radius 2 is 2.08 bits per heavy atom. The second-order valence-corrected chi connectivity index (χ2v) is 6.01. The summed E-state index contributed by atoms with van der Waals surface area (Å²) in [5.74, 6) is -0.793. The van der Waals surface area contributed by atoms with Crippen LogP contribution in [0.15, 0.2) is 48.6 Å². The quantitative estimate of drug-likeness (QED) is 0.445. The van der Waals surface area contributed by atoms with Crippen molar-refractivity contribution in [2.24, 2.45) is 11.8 Å².